The monoisotopic (exact) mass is 400 g/mol. The third kappa shape index (κ3) is 2.96. The molecule has 4 fully saturated rings. The number of carbonyl (C=O) groups excluding carboxylic acids is 1. The van der Waals surface area contributed by atoms with Crippen molar-refractivity contribution in [2.45, 2.75) is 82.7 Å². The first-order valence-corrected chi connectivity index (χ1v) is 12.1. The van der Waals surface area contributed by atoms with E-state index in [1.54, 1.807) is 6.92 Å². The molecule has 154 valence electrons. The van der Waals surface area contributed by atoms with E-state index in [-0.39, 0.29) is 28.9 Å². The highest BCUT2D eigenvalue weighted by atomic mass is 32.2. The molecule has 4 aliphatic rings. The molecule has 7 heteroatoms. The summed E-state index contributed by atoms with van der Waals surface area (Å²) in [5, 5.41) is 11.0. The minimum Gasteiger partial charge on any atom is -0.461 e. The van der Waals surface area contributed by atoms with Gasteiger partial charge in [-0.2, -0.15) is 0 Å². The molecular formula is C20H32O6S. The summed E-state index contributed by atoms with van der Waals surface area (Å²) in [7, 11) is -3.32. The van der Waals surface area contributed by atoms with Crippen molar-refractivity contribution in [2.24, 2.45) is 23.7 Å². The number of aliphatic hydroxyl groups is 1. The van der Waals surface area contributed by atoms with Crippen LogP contribution in [-0.4, -0.2) is 53.9 Å². The average molecular weight is 401 g/mol. The van der Waals surface area contributed by atoms with Gasteiger partial charge in [0.2, 0.25) is 0 Å². The Kier molecular flexibility index (Phi) is 4.31. The molecule has 0 aromatic rings. The number of fused-ring (bicyclic) bond motifs is 2. The van der Waals surface area contributed by atoms with Crippen LogP contribution in [0.1, 0.15) is 59.8 Å². The first-order chi connectivity index (χ1) is 12.4. The summed E-state index contributed by atoms with van der Waals surface area (Å²) < 4.78 is 37.1. The van der Waals surface area contributed by atoms with Crippen LogP contribution in [0.15, 0.2) is 0 Å². The first kappa shape index (κ1) is 19.6. The summed E-state index contributed by atoms with van der Waals surface area (Å²) >= 11 is 0. The molecule has 0 bridgehead atoms. The van der Waals surface area contributed by atoms with Crippen molar-refractivity contribution in [1.82, 2.24) is 0 Å². The SMILES string of the molecule is CC(C)CCS(=O)(=O)C[C@@H]1C(=O)O[C@H]2[C@H]1CC[C@]1(C)O[C@@]13CC[C@@](C)(O)[C@H]23. The predicted octanol–water partition coefficient (Wildman–Crippen LogP) is 2.09. The molecule has 2 aliphatic heterocycles. The van der Waals surface area contributed by atoms with Crippen LogP contribution < -0.4 is 0 Å². The van der Waals surface area contributed by atoms with Gasteiger partial charge in [-0.1, -0.05) is 13.8 Å². The average Bonchev–Trinajstić information content (AvgIpc) is 2.92. The van der Waals surface area contributed by atoms with Crippen LogP contribution in [-0.2, 0) is 24.1 Å². The van der Waals surface area contributed by atoms with Crippen molar-refractivity contribution < 1.29 is 27.8 Å². The maximum atomic E-state index is 12.7. The summed E-state index contributed by atoms with van der Waals surface area (Å²) in [6, 6.07) is 0. The van der Waals surface area contributed by atoms with Crippen LogP contribution in [0.5, 0.6) is 0 Å². The van der Waals surface area contributed by atoms with Gasteiger partial charge in [-0.25, -0.2) is 8.42 Å². The molecule has 2 saturated carbocycles. The second kappa shape index (κ2) is 5.92. The lowest BCUT2D eigenvalue weighted by atomic mass is 9.75. The largest absolute Gasteiger partial charge is 0.461 e. The normalized spacial score (nSPS) is 48.6. The number of esters is 1. The topological polar surface area (TPSA) is 93.2 Å². The quantitative estimate of drug-likeness (QED) is 0.561. The van der Waals surface area contributed by atoms with Gasteiger partial charge in [0.15, 0.2) is 9.84 Å². The highest BCUT2D eigenvalue weighted by Gasteiger charge is 2.80. The first-order valence-electron chi connectivity index (χ1n) is 10.2. The molecule has 2 heterocycles. The third-order valence-electron chi connectivity index (χ3n) is 7.65. The standard InChI is InChI=1S/C20H32O6S/c1-12(2)6-10-27(23,24)11-14-13-5-7-19(4)20(26-19)9-8-18(3,22)16(20)15(13)25-17(14)21/h12-16,22H,5-11H2,1-4H3/t13-,14-,15-,16-,18+,19-,20+/m0/s1. The molecule has 0 aromatic carbocycles. The van der Waals surface area contributed by atoms with Crippen molar-refractivity contribution in [1.29, 1.82) is 0 Å². The fourth-order valence-electron chi connectivity index (χ4n) is 6.02. The van der Waals surface area contributed by atoms with Gasteiger partial charge in [0, 0.05) is 5.92 Å². The molecule has 0 radical (unpaired) electrons. The van der Waals surface area contributed by atoms with Crippen LogP contribution in [0.25, 0.3) is 0 Å². The van der Waals surface area contributed by atoms with Crippen molar-refractivity contribution in [2.75, 3.05) is 11.5 Å². The molecular weight excluding hydrogens is 368 g/mol. The zero-order valence-corrected chi connectivity index (χ0v) is 17.5. The van der Waals surface area contributed by atoms with Gasteiger partial charge >= 0.3 is 5.97 Å². The third-order valence-corrected chi connectivity index (χ3v) is 9.38. The van der Waals surface area contributed by atoms with Gasteiger partial charge in [0.1, 0.15) is 11.7 Å². The van der Waals surface area contributed by atoms with E-state index in [2.05, 4.69) is 6.92 Å². The fourth-order valence-corrected chi connectivity index (χ4v) is 7.95. The summed E-state index contributed by atoms with van der Waals surface area (Å²) in [6.07, 6.45) is 3.01. The van der Waals surface area contributed by atoms with Crippen LogP contribution in [0.2, 0.25) is 0 Å². The van der Waals surface area contributed by atoms with Gasteiger partial charge < -0.3 is 14.6 Å². The summed E-state index contributed by atoms with van der Waals surface area (Å²) in [5.74, 6) is -1.21. The van der Waals surface area contributed by atoms with E-state index in [1.165, 1.54) is 0 Å². The highest BCUT2D eigenvalue weighted by molar-refractivity contribution is 7.91. The lowest BCUT2D eigenvalue weighted by molar-refractivity contribution is -0.150. The predicted molar refractivity (Wildman–Crippen MR) is 99.8 cm³/mol. The van der Waals surface area contributed by atoms with Crippen LogP contribution in [0.4, 0.5) is 0 Å². The van der Waals surface area contributed by atoms with Crippen molar-refractivity contribution >= 4 is 15.8 Å². The lowest BCUT2D eigenvalue weighted by Gasteiger charge is -2.34. The fraction of sp³-hybridized carbons (Fsp3) is 0.950. The Labute approximate surface area is 161 Å². The number of epoxide rings is 1. The van der Waals surface area contributed by atoms with E-state index in [9.17, 15) is 18.3 Å². The van der Waals surface area contributed by atoms with E-state index >= 15 is 0 Å². The number of carbonyl (C=O) groups is 1. The number of rotatable bonds is 5. The Morgan fingerprint density at radius 1 is 1.22 bits per heavy atom. The Morgan fingerprint density at radius 2 is 1.93 bits per heavy atom. The zero-order valence-electron chi connectivity index (χ0n) is 16.7. The number of ether oxygens (including phenoxy) is 2. The Bertz CT molecular complexity index is 744. The van der Waals surface area contributed by atoms with Gasteiger partial charge in [0.05, 0.1) is 34.5 Å². The molecule has 27 heavy (non-hydrogen) atoms. The molecule has 0 unspecified atom stereocenters. The molecule has 1 N–H and O–H groups in total. The zero-order chi connectivity index (χ0) is 19.8. The van der Waals surface area contributed by atoms with Gasteiger partial charge in [-0.05, 0) is 51.9 Å². The van der Waals surface area contributed by atoms with Gasteiger partial charge in [-0.15, -0.1) is 0 Å². The minimum atomic E-state index is -3.32. The van der Waals surface area contributed by atoms with E-state index in [0.717, 1.165) is 12.8 Å². The molecule has 1 spiro atoms. The van der Waals surface area contributed by atoms with Crippen molar-refractivity contribution in [3.05, 3.63) is 0 Å². The second-order valence-corrected chi connectivity index (χ2v) is 12.3. The molecule has 0 amide bonds. The molecule has 7 atom stereocenters. The lowest BCUT2D eigenvalue weighted by Crippen LogP contribution is -2.47. The Hall–Kier alpha value is -0.660. The Balaban J connectivity index is 1.59. The van der Waals surface area contributed by atoms with E-state index in [0.29, 0.717) is 25.2 Å². The van der Waals surface area contributed by atoms with Crippen LogP contribution in [0, 0.1) is 23.7 Å². The molecule has 2 saturated heterocycles. The van der Waals surface area contributed by atoms with E-state index in [1.807, 2.05) is 13.8 Å². The van der Waals surface area contributed by atoms with Gasteiger partial charge in [0.25, 0.3) is 0 Å². The molecule has 4 rings (SSSR count). The van der Waals surface area contributed by atoms with Crippen molar-refractivity contribution in [3.63, 3.8) is 0 Å². The molecule has 0 aromatic heterocycles. The second-order valence-electron chi connectivity index (χ2n) is 10.1. The van der Waals surface area contributed by atoms with Crippen LogP contribution in [0.3, 0.4) is 0 Å². The smallest absolute Gasteiger partial charge is 0.310 e. The summed E-state index contributed by atoms with van der Waals surface area (Å²) in [5.41, 5.74) is -1.69. The van der Waals surface area contributed by atoms with Crippen LogP contribution >= 0.6 is 0 Å². The maximum absolute atomic E-state index is 12.7. The maximum Gasteiger partial charge on any atom is 0.310 e. The number of sulfone groups is 1. The van der Waals surface area contributed by atoms with Gasteiger partial charge in [-0.3, -0.25) is 4.79 Å². The van der Waals surface area contributed by atoms with E-state index in [4.69, 9.17) is 9.47 Å². The summed E-state index contributed by atoms with van der Waals surface area (Å²) in [6.45, 7) is 7.88. The minimum absolute atomic E-state index is 0.109. The highest BCUT2D eigenvalue weighted by Crippen LogP contribution is 2.69. The molecule has 2 aliphatic carbocycles. The number of hydrogen-bond acceptors (Lipinski definition) is 6. The Morgan fingerprint density at radius 3 is 2.59 bits per heavy atom. The molecule has 6 nitrogen and oxygen atoms in total. The van der Waals surface area contributed by atoms with Crippen molar-refractivity contribution in [3.8, 4) is 0 Å². The van der Waals surface area contributed by atoms with E-state index < -0.39 is 39.0 Å². The number of hydrogen-bond donors (Lipinski definition) is 1. The summed E-state index contributed by atoms with van der Waals surface area (Å²) in [4.78, 5) is 12.7.